The summed E-state index contributed by atoms with van der Waals surface area (Å²) in [5.74, 6) is 0.363. The van der Waals surface area contributed by atoms with Gasteiger partial charge >= 0.3 is 12.1 Å². The highest BCUT2D eigenvalue weighted by Crippen LogP contribution is 2.41. The van der Waals surface area contributed by atoms with Gasteiger partial charge in [0.1, 0.15) is 0 Å². The quantitative estimate of drug-likeness (QED) is 0.533. The highest BCUT2D eigenvalue weighted by molar-refractivity contribution is 6.34. The average molecular weight is 469 g/mol. The summed E-state index contributed by atoms with van der Waals surface area (Å²) in [4.78, 5) is 34.7. The van der Waals surface area contributed by atoms with Gasteiger partial charge in [-0.15, -0.1) is 0 Å². The summed E-state index contributed by atoms with van der Waals surface area (Å²) in [5.41, 5.74) is 4.53. The molecule has 3 aromatic rings. The summed E-state index contributed by atoms with van der Waals surface area (Å²) in [6, 6.07) is 22.2. The van der Waals surface area contributed by atoms with Crippen molar-refractivity contribution in [1.82, 2.24) is 0 Å². The van der Waals surface area contributed by atoms with Crippen LogP contribution in [-0.4, -0.2) is 36.7 Å². The van der Waals surface area contributed by atoms with E-state index in [4.69, 9.17) is 4.74 Å². The van der Waals surface area contributed by atoms with Gasteiger partial charge in [0.15, 0.2) is 11.4 Å². The van der Waals surface area contributed by atoms with E-state index in [1.165, 1.54) is 10.5 Å². The molecule has 2 saturated heterocycles. The zero-order valence-corrected chi connectivity index (χ0v) is 20.1. The Balaban J connectivity index is 1.58. The van der Waals surface area contributed by atoms with E-state index in [0.29, 0.717) is 17.2 Å². The van der Waals surface area contributed by atoms with Crippen molar-refractivity contribution in [3.05, 3.63) is 89.5 Å². The number of hydrogen-bond donors (Lipinski definition) is 1. The number of anilines is 3. The number of rotatable bonds is 4. The number of nitrogens with one attached hydrogen (secondary N) is 1. The van der Waals surface area contributed by atoms with Gasteiger partial charge in [-0.25, -0.2) is 14.5 Å². The van der Waals surface area contributed by atoms with Crippen LogP contribution >= 0.6 is 0 Å². The number of ether oxygens (including phenoxy) is 1. The van der Waals surface area contributed by atoms with Crippen molar-refractivity contribution in [3.63, 3.8) is 0 Å². The Kier molecular flexibility index (Phi) is 5.86. The molecule has 2 heterocycles. The maximum atomic E-state index is 13.9. The average Bonchev–Trinajstić information content (AvgIpc) is 3.09. The summed E-state index contributed by atoms with van der Waals surface area (Å²) in [6.07, 6.45) is 0.907. The zero-order chi connectivity index (χ0) is 24.6. The van der Waals surface area contributed by atoms with E-state index in [9.17, 15) is 9.59 Å². The van der Waals surface area contributed by atoms with E-state index in [-0.39, 0.29) is 19.2 Å². The Labute approximate surface area is 205 Å². The summed E-state index contributed by atoms with van der Waals surface area (Å²) in [7, 11) is 0. The molecule has 7 heteroatoms. The van der Waals surface area contributed by atoms with E-state index in [1.54, 1.807) is 4.90 Å². The fraction of sp³-hybridized carbons (Fsp3) is 0.250. The summed E-state index contributed by atoms with van der Waals surface area (Å²) >= 11 is 0. The van der Waals surface area contributed by atoms with Crippen molar-refractivity contribution in [2.45, 2.75) is 32.7 Å². The van der Waals surface area contributed by atoms with E-state index in [2.05, 4.69) is 17.2 Å². The van der Waals surface area contributed by atoms with Crippen molar-refractivity contribution >= 4 is 35.0 Å². The van der Waals surface area contributed by atoms with E-state index < -0.39 is 11.6 Å². The maximum absolute atomic E-state index is 13.9. The lowest BCUT2D eigenvalue weighted by Crippen LogP contribution is -2.64. The molecule has 0 radical (unpaired) electrons. The van der Waals surface area contributed by atoms with E-state index in [1.807, 2.05) is 86.6 Å². The standard InChI is InChI=1S/C28H28N4O3/c1-4-21-9-15-24(16-10-21)32-27(34)31(23-13-7-20(3)8-14-23)25(28(32)17-35-18-28)30-26(33)29-22-11-5-19(2)6-12-22/h5-16H,4,17-18H2,1-3H3,(H,29,33)/b30-25-. The molecule has 0 aromatic heterocycles. The third-order valence-corrected chi connectivity index (χ3v) is 6.53. The number of nitrogens with zero attached hydrogens (tertiary/aromatic N) is 3. The molecule has 0 unspecified atom stereocenters. The van der Waals surface area contributed by atoms with Crippen LogP contribution < -0.4 is 15.1 Å². The van der Waals surface area contributed by atoms with Crippen molar-refractivity contribution in [2.24, 2.45) is 4.99 Å². The number of urea groups is 2. The minimum absolute atomic E-state index is 0.257. The molecule has 2 fully saturated rings. The number of carbonyl (C=O) groups is 2. The first-order chi connectivity index (χ1) is 16.9. The zero-order valence-electron chi connectivity index (χ0n) is 20.1. The second kappa shape index (κ2) is 9.00. The van der Waals surface area contributed by atoms with Crippen molar-refractivity contribution < 1.29 is 14.3 Å². The van der Waals surface area contributed by atoms with Gasteiger partial charge in [0.05, 0.1) is 18.9 Å². The number of amidine groups is 1. The predicted octanol–water partition coefficient (Wildman–Crippen LogP) is 5.71. The SMILES string of the molecule is CCc1ccc(N2C(=O)N(c3ccc(C)cc3)/C(=N\C(=O)Nc3ccc(C)cc3)C23COC3)cc1. The molecule has 2 aliphatic heterocycles. The smallest absolute Gasteiger partial charge is 0.347 e. The lowest BCUT2D eigenvalue weighted by molar-refractivity contribution is -0.0152. The first-order valence-electron chi connectivity index (χ1n) is 11.8. The molecule has 0 saturated carbocycles. The van der Waals surface area contributed by atoms with Crippen LogP contribution in [0.4, 0.5) is 26.7 Å². The molecule has 0 aliphatic carbocycles. The van der Waals surface area contributed by atoms with E-state index >= 15 is 0 Å². The lowest BCUT2D eigenvalue weighted by Gasteiger charge is -2.43. The molecule has 1 N–H and O–H groups in total. The molecule has 2 aliphatic rings. The summed E-state index contributed by atoms with van der Waals surface area (Å²) < 4.78 is 5.62. The number of carbonyl (C=O) groups excluding carboxylic acids is 2. The Morgan fingerprint density at radius 2 is 1.49 bits per heavy atom. The van der Waals surface area contributed by atoms with Gasteiger partial charge in [0.2, 0.25) is 0 Å². The van der Waals surface area contributed by atoms with Crippen LogP contribution in [0.3, 0.4) is 0 Å². The van der Waals surface area contributed by atoms with Gasteiger partial charge in [-0.2, -0.15) is 4.99 Å². The van der Waals surface area contributed by atoms with Crippen molar-refractivity contribution in [3.8, 4) is 0 Å². The van der Waals surface area contributed by atoms with Gasteiger partial charge in [-0.3, -0.25) is 4.90 Å². The number of aryl methyl sites for hydroxylation is 3. The highest BCUT2D eigenvalue weighted by atomic mass is 16.5. The van der Waals surface area contributed by atoms with Crippen LogP contribution in [0, 0.1) is 13.8 Å². The molecular weight excluding hydrogens is 440 g/mol. The third kappa shape index (κ3) is 4.08. The second-order valence-corrected chi connectivity index (χ2v) is 9.06. The Morgan fingerprint density at radius 1 is 0.914 bits per heavy atom. The monoisotopic (exact) mass is 468 g/mol. The molecule has 178 valence electrons. The second-order valence-electron chi connectivity index (χ2n) is 9.06. The molecule has 4 amide bonds. The maximum Gasteiger partial charge on any atom is 0.347 e. The minimum Gasteiger partial charge on any atom is -0.375 e. The summed E-state index contributed by atoms with van der Waals surface area (Å²) in [6.45, 7) is 6.58. The molecule has 5 rings (SSSR count). The molecule has 1 spiro atoms. The van der Waals surface area contributed by atoms with Gasteiger partial charge in [-0.1, -0.05) is 54.4 Å². The number of benzene rings is 3. The highest BCUT2D eigenvalue weighted by Gasteiger charge is 2.61. The molecule has 3 aromatic carbocycles. The Morgan fingerprint density at radius 3 is 2.03 bits per heavy atom. The van der Waals surface area contributed by atoms with Crippen LogP contribution in [0.1, 0.15) is 23.6 Å². The molecule has 0 atom stereocenters. The Bertz CT molecular complexity index is 1280. The van der Waals surface area contributed by atoms with Crippen molar-refractivity contribution in [2.75, 3.05) is 28.3 Å². The first kappa shape index (κ1) is 22.8. The van der Waals surface area contributed by atoms with Gasteiger partial charge in [0.25, 0.3) is 0 Å². The summed E-state index contributed by atoms with van der Waals surface area (Å²) in [5, 5.41) is 2.82. The first-order valence-corrected chi connectivity index (χ1v) is 11.8. The fourth-order valence-corrected chi connectivity index (χ4v) is 4.44. The van der Waals surface area contributed by atoms with Crippen LogP contribution in [0.25, 0.3) is 0 Å². The topological polar surface area (TPSA) is 74.2 Å². The van der Waals surface area contributed by atoms with Gasteiger partial charge in [0, 0.05) is 11.4 Å². The van der Waals surface area contributed by atoms with Crippen molar-refractivity contribution in [1.29, 1.82) is 0 Å². The molecule has 7 nitrogen and oxygen atoms in total. The van der Waals surface area contributed by atoms with E-state index in [0.717, 1.165) is 23.2 Å². The van der Waals surface area contributed by atoms with Crippen LogP contribution in [-0.2, 0) is 11.2 Å². The van der Waals surface area contributed by atoms with Crippen LogP contribution in [0.15, 0.2) is 77.8 Å². The number of amides is 4. The molecular formula is C28H28N4O3. The van der Waals surface area contributed by atoms with Crippen LogP contribution in [0.5, 0.6) is 0 Å². The predicted molar refractivity (Wildman–Crippen MR) is 139 cm³/mol. The number of aliphatic imine (C=N–C) groups is 1. The van der Waals surface area contributed by atoms with Gasteiger partial charge in [-0.05, 0) is 62.2 Å². The molecule has 35 heavy (non-hydrogen) atoms. The fourth-order valence-electron chi connectivity index (χ4n) is 4.44. The normalized spacial score (nSPS) is 17.7. The Hall–Kier alpha value is -3.97. The van der Waals surface area contributed by atoms with Gasteiger partial charge < -0.3 is 10.1 Å². The number of hydrogen-bond acceptors (Lipinski definition) is 3. The third-order valence-electron chi connectivity index (χ3n) is 6.53. The molecule has 0 bridgehead atoms. The largest absolute Gasteiger partial charge is 0.375 e. The van der Waals surface area contributed by atoms with Crippen LogP contribution in [0.2, 0.25) is 0 Å². The lowest BCUT2D eigenvalue weighted by atomic mass is 9.93. The minimum atomic E-state index is -0.861.